The molecule has 2 aliphatic heterocycles. The van der Waals surface area contributed by atoms with E-state index in [0.29, 0.717) is 11.6 Å². The Morgan fingerprint density at radius 2 is 2.17 bits per heavy atom. The Balaban J connectivity index is 2.06. The second-order valence-corrected chi connectivity index (χ2v) is 5.45. The minimum absolute atomic E-state index is 0.0532. The van der Waals surface area contributed by atoms with Gasteiger partial charge in [0.1, 0.15) is 5.37 Å². The van der Waals surface area contributed by atoms with E-state index in [1.165, 1.54) is 17.8 Å². The molecule has 2 fully saturated rings. The molecule has 5 nitrogen and oxygen atoms in total. The molecule has 0 spiro atoms. The predicted molar refractivity (Wildman–Crippen MR) is 69.7 cm³/mol. The van der Waals surface area contributed by atoms with Crippen LogP contribution < -0.4 is 0 Å². The summed E-state index contributed by atoms with van der Waals surface area (Å²) >= 11 is 1.44. The number of amides is 1. The Bertz CT molecular complexity index is 378. The van der Waals surface area contributed by atoms with Crippen molar-refractivity contribution in [3.05, 3.63) is 11.1 Å². The number of nitrogens with zero attached hydrogens (tertiary/aromatic N) is 2. The molecule has 6 heteroatoms. The molecule has 1 unspecified atom stereocenters. The molecule has 0 aliphatic carbocycles. The Morgan fingerprint density at radius 1 is 1.50 bits per heavy atom. The molecule has 1 atom stereocenters. The summed E-state index contributed by atoms with van der Waals surface area (Å²) in [5.74, 6) is -0.334. The maximum absolute atomic E-state index is 12.1. The van der Waals surface area contributed by atoms with E-state index in [4.69, 9.17) is 4.74 Å². The minimum atomic E-state index is -0.387. The molecular formula is C12H18N2O3S. The van der Waals surface area contributed by atoms with Crippen LogP contribution in [0.5, 0.6) is 0 Å². The fourth-order valence-corrected chi connectivity index (χ4v) is 3.40. The van der Waals surface area contributed by atoms with E-state index < -0.39 is 0 Å². The van der Waals surface area contributed by atoms with E-state index in [2.05, 4.69) is 4.90 Å². The van der Waals surface area contributed by atoms with E-state index in [-0.39, 0.29) is 17.3 Å². The van der Waals surface area contributed by atoms with Crippen LogP contribution in [0.3, 0.4) is 0 Å². The Morgan fingerprint density at radius 3 is 2.78 bits per heavy atom. The molecule has 2 heterocycles. The maximum Gasteiger partial charge on any atom is 0.333 e. The molecule has 0 radical (unpaired) electrons. The Labute approximate surface area is 111 Å². The molecule has 2 rings (SSSR count). The highest BCUT2D eigenvalue weighted by molar-refractivity contribution is 8.04. The number of likely N-dealkylation sites (N-methyl/N-ethyl adjacent to an activating group) is 1. The third-order valence-corrected chi connectivity index (χ3v) is 4.46. The normalized spacial score (nSPS) is 27.2. The molecule has 2 aliphatic rings. The van der Waals surface area contributed by atoms with Gasteiger partial charge in [-0.15, -0.1) is 0 Å². The van der Waals surface area contributed by atoms with Gasteiger partial charge in [0, 0.05) is 7.05 Å². The molecule has 2 saturated heterocycles. The van der Waals surface area contributed by atoms with Crippen LogP contribution in [0.2, 0.25) is 0 Å². The predicted octanol–water partition coefficient (Wildman–Crippen LogP) is 1.02. The highest BCUT2D eigenvalue weighted by atomic mass is 32.2. The average molecular weight is 270 g/mol. The summed E-state index contributed by atoms with van der Waals surface area (Å²) in [7, 11) is 1.70. The van der Waals surface area contributed by atoms with Crippen LogP contribution in [0.25, 0.3) is 0 Å². The van der Waals surface area contributed by atoms with Crippen molar-refractivity contribution in [1.82, 2.24) is 9.80 Å². The number of hydrogen-bond acceptors (Lipinski definition) is 5. The second-order valence-electron chi connectivity index (χ2n) is 4.35. The molecule has 0 bridgehead atoms. The fourth-order valence-electron chi connectivity index (χ4n) is 2.14. The van der Waals surface area contributed by atoms with Crippen LogP contribution in [0.15, 0.2) is 11.1 Å². The van der Waals surface area contributed by atoms with E-state index in [1.54, 1.807) is 18.9 Å². The third-order valence-electron chi connectivity index (χ3n) is 3.11. The van der Waals surface area contributed by atoms with E-state index in [9.17, 15) is 9.59 Å². The van der Waals surface area contributed by atoms with Gasteiger partial charge in [-0.25, -0.2) is 4.79 Å². The van der Waals surface area contributed by atoms with Crippen LogP contribution in [0.1, 0.15) is 19.8 Å². The highest BCUT2D eigenvalue weighted by Crippen LogP contribution is 2.37. The fraction of sp³-hybridized carbons (Fsp3) is 0.667. The lowest BCUT2D eigenvalue weighted by molar-refractivity contribution is -0.137. The molecule has 18 heavy (non-hydrogen) atoms. The lowest BCUT2D eigenvalue weighted by Gasteiger charge is -2.19. The zero-order valence-corrected chi connectivity index (χ0v) is 11.5. The summed E-state index contributed by atoms with van der Waals surface area (Å²) in [6.07, 6.45) is 3.69. The molecule has 1 amide bonds. The monoisotopic (exact) mass is 270 g/mol. The summed E-state index contributed by atoms with van der Waals surface area (Å²) < 4.78 is 4.87. The maximum atomic E-state index is 12.1. The van der Waals surface area contributed by atoms with Crippen molar-refractivity contribution in [2.24, 2.45) is 0 Å². The lowest BCUT2D eigenvalue weighted by Crippen LogP contribution is -2.37. The Hall–Kier alpha value is -1.01. The minimum Gasteiger partial charge on any atom is -0.463 e. The number of carbonyl (C=O) groups is 2. The van der Waals surface area contributed by atoms with Crippen LogP contribution in [-0.4, -0.2) is 53.8 Å². The average Bonchev–Trinajstić information content (AvgIpc) is 2.93. The number of hydrogen-bond donors (Lipinski definition) is 0. The van der Waals surface area contributed by atoms with Gasteiger partial charge in [-0.3, -0.25) is 9.69 Å². The lowest BCUT2D eigenvalue weighted by atomic mass is 10.4. The van der Waals surface area contributed by atoms with Crippen molar-refractivity contribution in [1.29, 1.82) is 0 Å². The number of thioether (sulfide) groups is 1. The van der Waals surface area contributed by atoms with Crippen molar-refractivity contribution in [2.45, 2.75) is 25.1 Å². The molecular weight excluding hydrogens is 252 g/mol. The van der Waals surface area contributed by atoms with Crippen molar-refractivity contribution >= 4 is 23.6 Å². The Kier molecular flexibility index (Phi) is 4.29. The SMILES string of the molecule is CCOC(=O)/C=C1\SC(N2CCCC2)C(=O)N1C. The van der Waals surface area contributed by atoms with Gasteiger partial charge in [-0.05, 0) is 32.9 Å². The zero-order chi connectivity index (χ0) is 13.1. The number of carbonyl (C=O) groups excluding carboxylic acids is 2. The molecule has 0 N–H and O–H groups in total. The molecule has 0 aromatic heterocycles. The second kappa shape index (κ2) is 5.75. The van der Waals surface area contributed by atoms with Crippen molar-refractivity contribution in [2.75, 3.05) is 26.7 Å². The number of likely N-dealkylation sites (tertiary alicyclic amines) is 1. The van der Waals surface area contributed by atoms with Crippen molar-refractivity contribution in [3.63, 3.8) is 0 Å². The molecule has 0 aromatic carbocycles. The quantitative estimate of drug-likeness (QED) is 0.566. The first-order valence-corrected chi connectivity index (χ1v) is 7.08. The van der Waals surface area contributed by atoms with Gasteiger partial charge >= 0.3 is 5.97 Å². The van der Waals surface area contributed by atoms with E-state index in [1.807, 2.05) is 0 Å². The van der Waals surface area contributed by atoms with Crippen LogP contribution >= 0.6 is 11.8 Å². The number of esters is 1. The van der Waals surface area contributed by atoms with E-state index in [0.717, 1.165) is 25.9 Å². The molecule has 0 aromatic rings. The van der Waals surface area contributed by atoms with Gasteiger partial charge in [0.2, 0.25) is 0 Å². The number of rotatable bonds is 3. The first-order chi connectivity index (χ1) is 8.63. The smallest absolute Gasteiger partial charge is 0.333 e. The third kappa shape index (κ3) is 2.70. The molecule has 0 saturated carbocycles. The van der Waals surface area contributed by atoms with Gasteiger partial charge in [-0.1, -0.05) is 11.8 Å². The summed E-state index contributed by atoms with van der Waals surface area (Å²) in [6.45, 7) is 4.04. The van der Waals surface area contributed by atoms with Crippen molar-refractivity contribution < 1.29 is 14.3 Å². The standard InChI is InChI=1S/C12H18N2O3S/c1-3-17-10(15)8-9-13(2)11(16)12(18-9)14-6-4-5-7-14/h8,12H,3-7H2,1-2H3/b9-8-. The van der Waals surface area contributed by atoms with Crippen LogP contribution in [0, 0.1) is 0 Å². The summed E-state index contributed by atoms with van der Waals surface area (Å²) in [5.41, 5.74) is 0. The van der Waals surface area contributed by atoms with Gasteiger partial charge < -0.3 is 9.64 Å². The van der Waals surface area contributed by atoms with Crippen LogP contribution in [0.4, 0.5) is 0 Å². The zero-order valence-electron chi connectivity index (χ0n) is 10.7. The van der Waals surface area contributed by atoms with Gasteiger partial charge in [0.05, 0.1) is 17.7 Å². The highest BCUT2D eigenvalue weighted by Gasteiger charge is 2.39. The van der Waals surface area contributed by atoms with E-state index >= 15 is 0 Å². The van der Waals surface area contributed by atoms with Crippen molar-refractivity contribution in [3.8, 4) is 0 Å². The van der Waals surface area contributed by atoms with Gasteiger partial charge in [-0.2, -0.15) is 0 Å². The first-order valence-electron chi connectivity index (χ1n) is 6.20. The molecule has 100 valence electrons. The first kappa shape index (κ1) is 13.4. The summed E-state index contributed by atoms with van der Waals surface area (Å²) in [4.78, 5) is 27.3. The number of ether oxygens (including phenoxy) is 1. The van der Waals surface area contributed by atoms with Crippen LogP contribution in [-0.2, 0) is 14.3 Å². The largest absolute Gasteiger partial charge is 0.463 e. The topological polar surface area (TPSA) is 49.9 Å². The van der Waals surface area contributed by atoms with Gasteiger partial charge in [0.15, 0.2) is 0 Å². The summed E-state index contributed by atoms with van der Waals surface area (Å²) in [6, 6.07) is 0. The summed E-state index contributed by atoms with van der Waals surface area (Å²) in [5, 5.41) is 0.508. The van der Waals surface area contributed by atoms with Gasteiger partial charge in [0.25, 0.3) is 5.91 Å².